The summed E-state index contributed by atoms with van der Waals surface area (Å²) in [7, 11) is 0. The number of hydrazine groups is 2. The molecule has 4 heterocycles. The Kier molecular flexibility index (Phi) is 9.26. The monoisotopic (exact) mass is 680 g/mol. The summed E-state index contributed by atoms with van der Waals surface area (Å²) in [4.78, 5) is 2.57. The van der Waals surface area contributed by atoms with Crippen molar-refractivity contribution in [3.63, 3.8) is 0 Å². The van der Waals surface area contributed by atoms with Gasteiger partial charge in [-0.1, -0.05) is 48.5 Å². The molecule has 2 unspecified atom stereocenters. The number of ether oxygens (including phenoxy) is 2. The summed E-state index contributed by atoms with van der Waals surface area (Å²) in [6.45, 7) is 1.15. The Bertz CT molecular complexity index is 1850. The molecule has 0 spiro atoms. The summed E-state index contributed by atoms with van der Waals surface area (Å²) in [5.41, 5.74) is 14.1. The lowest BCUT2D eigenvalue weighted by Crippen LogP contribution is -2.32. The minimum Gasteiger partial charge on any atom is -0.493 e. The summed E-state index contributed by atoms with van der Waals surface area (Å²) < 4.78 is 12.2. The molecule has 2 atom stereocenters. The fourth-order valence-electron chi connectivity index (χ4n) is 6.10. The second-order valence-electron chi connectivity index (χ2n) is 11.8. The number of rotatable bonds is 12. The van der Waals surface area contributed by atoms with Gasteiger partial charge in [-0.05, 0) is 119 Å². The third-order valence-corrected chi connectivity index (χ3v) is 10.4. The molecule has 2 N–H and O–H groups in total. The number of benzene rings is 4. The van der Waals surface area contributed by atoms with Crippen LogP contribution >= 0.6 is 22.7 Å². The van der Waals surface area contributed by atoms with Crippen molar-refractivity contribution in [2.45, 2.75) is 18.5 Å². The second kappa shape index (κ2) is 14.6. The van der Waals surface area contributed by atoms with Gasteiger partial charge in [0.15, 0.2) is 0 Å². The molecule has 0 saturated heterocycles. The predicted octanol–water partition coefficient (Wildman–Crippen LogP) is 9.87. The second-order valence-corrected chi connectivity index (χ2v) is 13.7. The third kappa shape index (κ3) is 7.04. The van der Waals surface area contributed by atoms with Crippen LogP contribution in [0.25, 0.3) is 11.4 Å². The van der Waals surface area contributed by atoms with Gasteiger partial charge in [-0.3, -0.25) is 10.0 Å². The van der Waals surface area contributed by atoms with Crippen LogP contribution in [0.2, 0.25) is 0 Å². The maximum Gasteiger partial charge on any atom is 0.119 e. The standard InChI is InChI=1S/C41H36N4O2S2/c1-3-10-32(11-4-1)44-38(28-36(42-44)40-14-7-26-48-40)30-16-20-34(21-17-30)46-24-9-25-47-35-22-18-31(19-23-35)39-29-37(41-15-8-27-49-41)43-45(39)33-12-5-2-6-13-33/h1-8,10-23,26-29,36-37,42-43H,9,24-25H2. The van der Waals surface area contributed by atoms with Crippen LogP contribution in [-0.2, 0) is 0 Å². The lowest BCUT2D eigenvalue weighted by Gasteiger charge is -2.24. The van der Waals surface area contributed by atoms with Crippen molar-refractivity contribution in [2.24, 2.45) is 0 Å². The topological polar surface area (TPSA) is 49.0 Å². The summed E-state index contributed by atoms with van der Waals surface area (Å²) in [6, 6.07) is 46.3. The van der Waals surface area contributed by atoms with Crippen LogP contribution in [0.3, 0.4) is 0 Å². The lowest BCUT2D eigenvalue weighted by molar-refractivity contribution is 0.247. The highest BCUT2D eigenvalue weighted by atomic mass is 32.1. The minimum absolute atomic E-state index is 0.131. The highest BCUT2D eigenvalue weighted by Gasteiger charge is 2.28. The van der Waals surface area contributed by atoms with Crippen molar-refractivity contribution in [3.05, 3.63) is 177 Å². The van der Waals surface area contributed by atoms with E-state index in [9.17, 15) is 0 Å². The Hall–Kier alpha value is -5.12. The van der Waals surface area contributed by atoms with E-state index in [1.165, 1.54) is 9.75 Å². The lowest BCUT2D eigenvalue weighted by atomic mass is 10.1. The minimum atomic E-state index is 0.131. The van der Waals surface area contributed by atoms with Gasteiger partial charge in [0.1, 0.15) is 11.5 Å². The zero-order valence-corrected chi connectivity index (χ0v) is 28.4. The highest BCUT2D eigenvalue weighted by Crippen LogP contribution is 2.37. The molecule has 8 heteroatoms. The number of anilines is 2. The molecular weight excluding hydrogens is 645 g/mol. The van der Waals surface area contributed by atoms with E-state index in [-0.39, 0.29) is 12.1 Å². The van der Waals surface area contributed by atoms with Crippen LogP contribution in [0, 0.1) is 0 Å². The van der Waals surface area contributed by atoms with Crippen LogP contribution < -0.4 is 30.3 Å². The zero-order chi connectivity index (χ0) is 32.8. The predicted molar refractivity (Wildman–Crippen MR) is 203 cm³/mol. The summed E-state index contributed by atoms with van der Waals surface area (Å²) in [5.74, 6) is 1.70. The Labute approximate surface area is 295 Å². The van der Waals surface area contributed by atoms with E-state index in [2.05, 4.69) is 141 Å². The van der Waals surface area contributed by atoms with E-state index in [0.717, 1.165) is 51.8 Å². The number of thiophene rings is 2. The average molecular weight is 681 g/mol. The largest absolute Gasteiger partial charge is 0.493 e. The molecule has 0 fully saturated rings. The molecule has 0 aliphatic carbocycles. The van der Waals surface area contributed by atoms with Gasteiger partial charge in [-0.25, -0.2) is 10.9 Å². The number of hydrogen-bond donors (Lipinski definition) is 2. The van der Waals surface area contributed by atoms with Gasteiger partial charge in [0.25, 0.3) is 0 Å². The van der Waals surface area contributed by atoms with E-state index in [4.69, 9.17) is 9.47 Å². The van der Waals surface area contributed by atoms with Crippen LogP contribution in [-0.4, -0.2) is 13.2 Å². The van der Waals surface area contributed by atoms with Gasteiger partial charge in [0.05, 0.1) is 48.1 Å². The van der Waals surface area contributed by atoms with E-state index >= 15 is 0 Å². The van der Waals surface area contributed by atoms with Gasteiger partial charge in [0.2, 0.25) is 0 Å². The number of para-hydroxylation sites is 2. The Morgan fingerprint density at radius 3 is 1.31 bits per heavy atom. The molecule has 0 radical (unpaired) electrons. The molecule has 0 amide bonds. The SMILES string of the molecule is C1=C(c2ccc(OCCCOc3ccc(C4=CC(c5cccs5)NN4c4ccccc4)cc3)cc2)N(c2ccccc2)NC1c1cccs1. The molecular formula is C41H36N4O2S2. The Morgan fingerprint density at radius 1 is 0.490 bits per heavy atom. The number of nitrogens with one attached hydrogen (secondary N) is 2. The van der Waals surface area contributed by atoms with E-state index in [1.807, 2.05) is 36.4 Å². The maximum absolute atomic E-state index is 6.09. The molecule has 2 aromatic heterocycles. The molecule has 6 aromatic rings. The van der Waals surface area contributed by atoms with Gasteiger partial charge >= 0.3 is 0 Å². The average Bonchev–Trinajstić information content (AvgIpc) is 4.00. The number of nitrogens with zero attached hydrogens (tertiary/aromatic N) is 2. The van der Waals surface area contributed by atoms with Gasteiger partial charge in [-0.15, -0.1) is 22.7 Å². The van der Waals surface area contributed by atoms with Gasteiger partial charge in [-0.2, -0.15) is 0 Å². The van der Waals surface area contributed by atoms with Crippen molar-refractivity contribution in [3.8, 4) is 11.5 Å². The first-order valence-electron chi connectivity index (χ1n) is 16.5. The zero-order valence-electron chi connectivity index (χ0n) is 26.8. The van der Waals surface area contributed by atoms with E-state index < -0.39 is 0 Å². The van der Waals surface area contributed by atoms with E-state index in [1.54, 1.807) is 22.7 Å². The molecule has 2 aliphatic heterocycles. The van der Waals surface area contributed by atoms with Crippen LogP contribution in [0.15, 0.2) is 156 Å². The fraction of sp³-hybridized carbons (Fsp3) is 0.122. The smallest absolute Gasteiger partial charge is 0.119 e. The first-order valence-corrected chi connectivity index (χ1v) is 18.2. The van der Waals surface area contributed by atoms with Gasteiger partial charge < -0.3 is 9.47 Å². The van der Waals surface area contributed by atoms with Crippen molar-refractivity contribution in [1.29, 1.82) is 0 Å². The number of hydrogen-bond acceptors (Lipinski definition) is 8. The van der Waals surface area contributed by atoms with Crippen molar-refractivity contribution in [2.75, 3.05) is 23.2 Å². The Morgan fingerprint density at radius 2 is 0.918 bits per heavy atom. The van der Waals surface area contributed by atoms with Crippen molar-refractivity contribution >= 4 is 45.4 Å². The summed E-state index contributed by atoms with van der Waals surface area (Å²) in [6.07, 6.45) is 5.37. The molecule has 8 rings (SSSR count). The third-order valence-electron chi connectivity index (χ3n) is 8.52. The first kappa shape index (κ1) is 31.2. The van der Waals surface area contributed by atoms with Crippen LogP contribution in [0.4, 0.5) is 11.4 Å². The Balaban J connectivity index is 0.857. The first-order chi connectivity index (χ1) is 24.3. The van der Waals surface area contributed by atoms with Crippen molar-refractivity contribution in [1.82, 2.24) is 10.9 Å². The molecule has 0 bridgehead atoms. The molecule has 6 nitrogen and oxygen atoms in total. The summed E-state index contributed by atoms with van der Waals surface area (Å²) >= 11 is 3.53. The summed E-state index contributed by atoms with van der Waals surface area (Å²) in [5, 5.41) is 8.59. The fourth-order valence-corrected chi connectivity index (χ4v) is 7.58. The van der Waals surface area contributed by atoms with Crippen LogP contribution in [0.1, 0.15) is 39.4 Å². The van der Waals surface area contributed by atoms with Crippen molar-refractivity contribution < 1.29 is 9.47 Å². The molecule has 0 saturated carbocycles. The van der Waals surface area contributed by atoms with E-state index in [0.29, 0.717) is 13.2 Å². The molecule has 2 aliphatic rings. The molecule has 4 aromatic carbocycles. The molecule has 49 heavy (non-hydrogen) atoms. The van der Waals surface area contributed by atoms with Gasteiger partial charge in [0, 0.05) is 16.2 Å². The maximum atomic E-state index is 6.09. The normalized spacial score (nSPS) is 17.2. The van der Waals surface area contributed by atoms with Crippen LogP contribution in [0.5, 0.6) is 11.5 Å². The quantitative estimate of drug-likeness (QED) is 0.126. The highest BCUT2D eigenvalue weighted by molar-refractivity contribution is 7.10. The molecule has 244 valence electrons.